The van der Waals surface area contributed by atoms with E-state index in [1.807, 2.05) is 19.2 Å². The highest BCUT2D eigenvalue weighted by Gasteiger charge is 2.13. The summed E-state index contributed by atoms with van der Waals surface area (Å²) < 4.78 is 0. The summed E-state index contributed by atoms with van der Waals surface area (Å²) in [5.41, 5.74) is 0.765. The average Bonchev–Trinajstić information content (AvgIpc) is 2.69. The number of amides is 1. The van der Waals surface area contributed by atoms with Crippen molar-refractivity contribution in [3.63, 3.8) is 0 Å². The number of carboxylic acid groups (broad SMARTS) is 1. The van der Waals surface area contributed by atoms with E-state index in [4.69, 9.17) is 5.11 Å². The van der Waals surface area contributed by atoms with Crippen LogP contribution in [0.5, 0.6) is 0 Å². The summed E-state index contributed by atoms with van der Waals surface area (Å²) >= 11 is 1.51. The van der Waals surface area contributed by atoms with Gasteiger partial charge in [0.2, 0.25) is 5.91 Å². The van der Waals surface area contributed by atoms with Gasteiger partial charge >= 0.3 is 5.97 Å². The van der Waals surface area contributed by atoms with Gasteiger partial charge in [-0.25, -0.2) is 4.98 Å². The molecule has 0 saturated heterocycles. The summed E-state index contributed by atoms with van der Waals surface area (Å²) in [6.45, 7) is 4.22. The Morgan fingerprint density at radius 1 is 1.56 bits per heavy atom. The summed E-state index contributed by atoms with van der Waals surface area (Å²) in [4.78, 5) is 26.4. The highest BCUT2D eigenvalue weighted by atomic mass is 32.1. The van der Waals surface area contributed by atoms with Gasteiger partial charge in [0, 0.05) is 18.3 Å². The fraction of sp³-hybridized carbons (Fsp3) is 0.583. The molecule has 0 radical (unpaired) electrons. The molecule has 1 heterocycles. The number of hydrogen-bond donors (Lipinski definition) is 2. The molecule has 0 aliphatic carbocycles. The average molecular weight is 270 g/mol. The van der Waals surface area contributed by atoms with Gasteiger partial charge in [0.05, 0.1) is 17.1 Å². The zero-order valence-electron chi connectivity index (χ0n) is 10.6. The number of carbonyl (C=O) groups is 2. The third-order valence-electron chi connectivity index (χ3n) is 2.64. The van der Waals surface area contributed by atoms with Crippen molar-refractivity contribution in [3.05, 3.63) is 16.1 Å². The Hall–Kier alpha value is -1.43. The van der Waals surface area contributed by atoms with E-state index < -0.39 is 5.97 Å². The van der Waals surface area contributed by atoms with Crippen molar-refractivity contribution in [2.45, 2.75) is 33.1 Å². The number of nitrogens with zero attached hydrogens (tertiary/aromatic N) is 1. The highest BCUT2D eigenvalue weighted by Crippen LogP contribution is 2.09. The SMILES string of the molecule is CCC(CNC(=O)Cc1csc(C)n1)CC(=O)O. The van der Waals surface area contributed by atoms with Gasteiger partial charge in [-0.15, -0.1) is 11.3 Å². The van der Waals surface area contributed by atoms with Gasteiger partial charge in [0.1, 0.15) is 0 Å². The van der Waals surface area contributed by atoms with Crippen molar-refractivity contribution in [1.29, 1.82) is 0 Å². The van der Waals surface area contributed by atoms with Crippen molar-refractivity contribution >= 4 is 23.2 Å². The Balaban J connectivity index is 2.33. The molecule has 0 fully saturated rings. The number of thiazole rings is 1. The minimum absolute atomic E-state index is 0.0105. The Morgan fingerprint density at radius 2 is 2.28 bits per heavy atom. The first-order valence-corrected chi connectivity index (χ1v) is 6.78. The topological polar surface area (TPSA) is 79.3 Å². The maximum Gasteiger partial charge on any atom is 0.303 e. The summed E-state index contributed by atoms with van der Waals surface area (Å²) in [6.07, 6.45) is 1.09. The zero-order valence-corrected chi connectivity index (χ0v) is 11.4. The van der Waals surface area contributed by atoms with Crippen LogP contribution in [0.2, 0.25) is 0 Å². The van der Waals surface area contributed by atoms with E-state index in [0.29, 0.717) is 6.54 Å². The second kappa shape index (κ2) is 7.10. The Labute approximate surface area is 110 Å². The van der Waals surface area contributed by atoms with Crippen LogP contribution < -0.4 is 5.32 Å². The lowest BCUT2D eigenvalue weighted by molar-refractivity contribution is -0.138. The van der Waals surface area contributed by atoms with Crippen molar-refractivity contribution in [1.82, 2.24) is 10.3 Å². The van der Waals surface area contributed by atoms with Crippen molar-refractivity contribution in [2.24, 2.45) is 5.92 Å². The lowest BCUT2D eigenvalue weighted by atomic mass is 10.0. The third kappa shape index (κ3) is 5.27. The van der Waals surface area contributed by atoms with Gasteiger partial charge in [-0.1, -0.05) is 13.3 Å². The van der Waals surface area contributed by atoms with E-state index in [1.165, 1.54) is 11.3 Å². The zero-order chi connectivity index (χ0) is 13.5. The quantitative estimate of drug-likeness (QED) is 0.789. The molecule has 1 atom stereocenters. The first-order valence-electron chi connectivity index (χ1n) is 5.90. The second-order valence-corrected chi connectivity index (χ2v) is 5.27. The van der Waals surface area contributed by atoms with Crippen LogP contribution in [0.15, 0.2) is 5.38 Å². The van der Waals surface area contributed by atoms with Crippen LogP contribution in [0, 0.1) is 12.8 Å². The second-order valence-electron chi connectivity index (χ2n) is 4.21. The van der Waals surface area contributed by atoms with E-state index >= 15 is 0 Å². The largest absolute Gasteiger partial charge is 0.481 e. The molecule has 1 amide bonds. The van der Waals surface area contributed by atoms with Crippen LogP contribution in [0.3, 0.4) is 0 Å². The van der Waals surface area contributed by atoms with Crippen molar-refractivity contribution in [3.8, 4) is 0 Å². The van der Waals surface area contributed by atoms with Crippen LogP contribution in [-0.2, 0) is 16.0 Å². The summed E-state index contributed by atoms with van der Waals surface area (Å²) in [5.74, 6) is -0.945. The van der Waals surface area contributed by atoms with Crippen LogP contribution in [0.25, 0.3) is 0 Å². The van der Waals surface area contributed by atoms with Crippen LogP contribution in [-0.4, -0.2) is 28.5 Å². The predicted molar refractivity (Wildman–Crippen MR) is 69.6 cm³/mol. The molecule has 5 nitrogen and oxygen atoms in total. The molecular weight excluding hydrogens is 252 g/mol. The molecular formula is C12H18N2O3S. The lowest BCUT2D eigenvalue weighted by Crippen LogP contribution is -2.31. The Kier molecular flexibility index (Phi) is 5.77. The molecule has 0 aliphatic heterocycles. The number of aryl methyl sites for hydroxylation is 1. The van der Waals surface area contributed by atoms with Gasteiger partial charge < -0.3 is 10.4 Å². The highest BCUT2D eigenvalue weighted by molar-refractivity contribution is 7.09. The number of carboxylic acids is 1. The van der Waals surface area contributed by atoms with Gasteiger partial charge in [-0.05, 0) is 12.8 Å². The molecule has 2 N–H and O–H groups in total. The van der Waals surface area contributed by atoms with Gasteiger partial charge in [0.25, 0.3) is 0 Å². The van der Waals surface area contributed by atoms with E-state index in [-0.39, 0.29) is 24.7 Å². The molecule has 0 aliphatic rings. The summed E-state index contributed by atoms with van der Waals surface area (Å²) in [6, 6.07) is 0. The van der Waals surface area contributed by atoms with E-state index in [1.54, 1.807) is 0 Å². The molecule has 0 saturated carbocycles. The number of hydrogen-bond acceptors (Lipinski definition) is 4. The molecule has 6 heteroatoms. The minimum Gasteiger partial charge on any atom is -0.481 e. The van der Waals surface area contributed by atoms with Gasteiger partial charge in [-0.2, -0.15) is 0 Å². The minimum atomic E-state index is -0.828. The predicted octanol–water partition coefficient (Wildman–Crippen LogP) is 1.61. The van der Waals surface area contributed by atoms with Crippen LogP contribution in [0.4, 0.5) is 0 Å². The molecule has 1 aromatic rings. The number of aliphatic carboxylic acids is 1. The molecule has 1 unspecified atom stereocenters. The third-order valence-corrected chi connectivity index (χ3v) is 3.46. The molecule has 18 heavy (non-hydrogen) atoms. The summed E-state index contributed by atoms with van der Waals surface area (Å²) in [5, 5.41) is 14.3. The first kappa shape index (κ1) is 14.6. The first-order chi connectivity index (χ1) is 8.51. The number of aromatic nitrogens is 1. The smallest absolute Gasteiger partial charge is 0.303 e. The number of nitrogens with one attached hydrogen (secondary N) is 1. The molecule has 1 rings (SSSR count). The maximum absolute atomic E-state index is 11.6. The van der Waals surface area contributed by atoms with Crippen LogP contribution in [0.1, 0.15) is 30.5 Å². The van der Waals surface area contributed by atoms with Crippen LogP contribution >= 0.6 is 11.3 Å². The molecule has 0 bridgehead atoms. The van der Waals surface area contributed by atoms with E-state index in [9.17, 15) is 9.59 Å². The van der Waals surface area contributed by atoms with E-state index in [2.05, 4.69) is 10.3 Å². The van der Waals surface area contributed by atoms with E-state index in [0.717, 1.165) is 17.1 Å². The fourth-order valence-corrected chi connectivity index (χ4v) is 2.19. The monoisotopic (exact) mass is 270 g/mol. The lowest BCUT2D eigenvalue weighted by Gasteiger charge is -2.12. The number of rotatable bonds is 7. The fourth-order valence-electron chi connectivity index (χ4n) is 1.58. The normalized spacial score (nSPS) is 12.1. The molecule has 0 aromatic carbocycles. The van der Waals surface area contributed by atoms with Gasteiger partial charge in [-0.3, -0.25) is 9.59 Å². The molecule has 0 spiro atoms. The van der Waals surface area contributed by atoms with Crippen molar-refractivity contribution < 1.29 is 14.7 Å². The maximum atomic E-state index is 11.6. The van der Waals surface area contributed by atoms with Crippen molar-refractivity contribution in [2.75, 3.05) is 6.54 Å². The molecule has 100 valence electrons. The summed E-state index contributed by atoms with van der Waals surface area (Å²) in [7, 11) is 0. The Morgan fingerprint density at radius 3 is 2.78 bits per heavy atom. The Bertz CT molecular complexity index is 417. The molecule has 1 aromatic heterocycles. The van der Waals surface area contributed by atoms with Gasteiger partial charge in [0.15, 0.2) is 0 Å². The standard InChI is InChI=1S/C12H18N2O3S/c1-3-9(4-12(16)17)6-13-11(15)5-10-7-18-8(2)14-10/h7,9H,3-6H2,1-2H3,(H,13,15)(H,16,17). The number of carbonyl (C=O) groups excluding carboxylic acids is 1.